The highest BCUT2D eigenvalue weighted by molar-refractivity contribution is 5.67. The summed E-state index contributed by atoms with van der Waals surface area (Å²) in [5.41, 5.74) is 1.48. The summed E-state index contributed by atoms with van der Waals surface area (Å²) >= 11 is 0. The van der Waals surface area contributed by atoms with E-state index in [2.05, 4.69) is 18.1 Å². The Bertz CT molecular complexity index is 437. The molecule has 0 bridgehead atoms. The maximum Gasteiger partial charge on any atom is 0.226 e. The minimum absolute atomic E-state index is 0.579. The number of hydrogen-bond acceptors (Lipinski definition) is 2. The van der Waals surface area contributed by atoms with E-state index >= 15 is 0 Å². The van der Waals surface area contributed by atoms with Gasteiger partial charge in [0.1, 0.15) is 10.8 Å². The van der Waals surface area contributed by atoms with Crippen molar-refractivity contribution in [2.75, 3.05) is 0 Å². The number of nitrogens with zero attached hydrogens (tertiary/aromatic N) is 1. The molecule has 1 aromatic heterocycles. The van der Waals surface area contributed by atoms with Crippen LogP contribution in [0.1, 0.15) is 19.7 Å². The minimum Gasteiger partial charge on any atom is -0.437 e. The molecular formula is C11H13NO. The molecule has 0 aliphatic carbocycles. The minimum atomic E-state index is 0.579. The van der Waals surface area contributed by atoms with Crippen LogP contribution in [0.2, 0.25) is 0 Å². The highest BCUT2D eigenvalue weighted by Crippen LogP contribution is 2.08. The van der Waals surface area contributed by atoms with Gasteiger partial charge in [-0.2, -0.15) is 0 Å². The molecule has 0 fully saturated rings. The number of rotatable bonds is 2. The van der Waals surface area contributed by atoms with Gasteiger partial charge in [0.2, 0.25) is 5.89 Å². The van der Waals surface area contributed by atoms with Gasteiger partial charge in [0.05, 0.1) is 0 Å². The van der Waals surface area contributed by atoms with E-state index in [0.29, 0.717) is 11.3 Å². The summed E-state index contributed by atoms with van der Waals surface area (Å²) in [4.78, 5) is 4.25. The first kappa shape index (κ1) is 9.52. The predicted molar refractivity (Wildman–Crippen MR) is 55.3 cm³/mol. The van der Waals surface area contributed by atoms with Crippen molar-refractivity contribution in [3.63, 3.8) is 0 Å². The van der Waals surface area contributed by atoms with Crippen molar-refractivity contribution in [2.45, 2.75) is 13.8 Å². The molecule has 0 amide bonds. The van der Waals surface area contributed by atoms with E-state index in [1.165, 1.54) is 0 Å². The maximum absolute atomic E-state index is 5.36. The molecule has 0 aliphatic heterocycles. The maximum atomic E-state index is 5.36. The summed E-state index contributed by atoms with van der Waals surface area (Å²) in [6, 6.07) is 0. The van der Waals surface area contributed by atoms with Crippen molar-refractivity contribution in [3.8, 4) is 0 Å². The largest absolute Gasteiger partial charge is 0.437 e. The zero-order valence-electron chi connectivity index (χ0n) is 8.00. The van der Waals surface area contributed by atoms with E-state index in [1.807, 2.05) is 26.0 Å². The zero-order chi connectivity index (χ0) is 9.84. The Labute approximate surface area is 77.6 Å². The summed E-state index contributed by atoms with van der Waals surface area (Å²) in [7, 11) is 0. The summed E-state index contributed by atoms with van der Waals surface area (Å²) in [6.07, 6.45) is 5.48. The Morgan fingerprint density at radius 3 is 2.54 bits per heavy atom. The third-order valence-corrected chi connectivity index (χ3v) is 1.78. The summed E-state index contributed by atoms with van der Waals surface area (Å²) in [5.74, 6) is 0.579. The SMILES string of the molecule is C=C/C(=C\C)c1n/c(=C/C)c(=C)o1. The van der Waals surface area contributed by atoms with Crippen molar-refractivity contribution < 1.29 is 4.42 Å². The molecule has 1 rings (SSSR count). The van der Waals surface area contributed by atoms with Crippen LogP contribution in [0.5, 0.6) is 0 Å². The fourth-order valence-electron chi connectivity index (χ4n) is 1.04. The lowest BCUT2D eigenvalue weighted by Crippen LogP contribution is -2.19. The molecule has 0 saturated carbocycles. The van der Waals surface area contributed by atoms with Crippen LogP contribution in [0.4, 0.5) is 0 Å². The van der Waals surface area contributed by atoms with E-state index in [-0.39, 0.29) is 0 Å². The van der Waals surface area contributed by atoms with Gasteiger partial charge in [-0.3, -0.25) is 0 Å². The molecular weight excluding hydrogens is 162 g/mol. The normalized spacial score (nSPS) is 13.4. The fraction of sp³-hybridized carbons (Fsp3) is 0.182. The van der Waals surface area contributed by atoms with Crippen LogP contribution < -0.4 is 10.8 Å². The van der Waals surface area contributed by atoms with Crippen LogP contribution >= 0.6 is 0 Å². The average molecular weight is 175 g/mol. The van der Waals surface area contributed by atoms with E-state index in [4.69, 9.17) is 4.42 Å². The highest BCUT2D eigenvalue weighted by Gasteiger charge is 2.02. The number of aromatic nitrogens is 1. The highest BCUT2D eigenvalue weighted by atomic mass is 16.3. The second-order valence-corrected chi connectivity index (χ2v) is 2.56. The van der Waals surface area contributed by atoms with Crippen LogP contribution in [0.25, 0.3) is 18.2 Å². The second-order valence-electron chi connectivity index (χ2n) is 2.56. The standard InChI is InChI=1S/C11H13NO/c1-5-9(6-2)11-12-10(7-3)8(4)13-11/h5-7H,1,4H2,2-3H3/b9-6+,10-7+. The van der Waals surface area contributed by atoms with Gasteiger partial charge in [0.25, 0.3) is 0 Å². The fourth-order valence-corrected chi connectivity index (χ4v) is 1.04. The Hall–Kier alpha value is -1.57. The van der Waals surface area contributed by atoms with Crippen LogP contribution in [-0.4, -0.2) is 4.98 Å². The Balaban J connectivity index is 3.34. The monoisotopic (exact) mass is 175 g/mol. The average Bonchev–Trinajstić information content (AvgIpc) is 2.49. The topological polar surface area (TPSA) is 26.0 Å². The third kappa shape index (κ3) is 1.78. The molecule has 0 saturated heterocycles. The molecule has 0 N–H and O–H groups in total. The molecule has 1 heterocycles. The van der Waals surface area contributed by atoms with Crippen LogP contribution in [-0.2, 0) is 0 Å². The van der Waals surface area contributed by atoms with Crippen LogP contribution in [0.15, 0.2) is 23.1 Å². The molecule has 2 nitrogen and oxygen atoms in total. The third-order valence-electron chi connectivity index (χ3n) is 1.78. The smallest absolute Gasteiger partial charge is 0.226 e. The lowest BCUT2D eigenvalue weighted by Gasteiger charge is -1.90. The van der Waals surface area contributed by atoms with E-state index in [1.54, 1.807) is 6.08 Å². The molecule has 0 radical (unpaired) electrons. The van der Waals surface area contributed by atoms with E-state index < -0.39 is 0 Å². The molecule has 2 heteroatoms. The first-order valence-corrected chi connectivity index (χ1v) is 4.14. The van der Waals surface area contributed by atoms with E-state index in [9.17, 15) is 0 Å². The lowest BCUT2D eigenvalue weighted by atomic mass is 10.2. The molecule has 1 aromatic rings. The molecule has 0 aromatic carbocycles. The van der Waals surface area contributed by atoms with Crippen molar-refractivity contribution in [1.82, 2.24) is 4.98 Å². The molecule has 0 atom stereocenters. The van der Waals surface area contributed by atoms with Gasteiger partial charge in [-0.1, -0.05) is 31.4 Å². The Morgan fingerprint density at radius 2 is 2.15 bits per heavy atom. The zero-order valence-corrected chi connectivity index (χ0v) is 8.00. The van der Waals surface area contributed by atoms with Crippen molar-refractivity contribution in [3.05, 3.63) is 35.4 Å². The Morgan fingerprint density at radius 1 is 1.46 bits per heavy atom. The number of allylic oxidation sites excluding steroid dienone is 3. The van der Waals surface area contributed by atoms with Gasteiger partial charge in [-0.15, -0.1) is 0 Å². The van der Waals surface area contributed by atoms with Gasteiger partial charge in [0.15, 0.2) is 0 Å². The quantitative estimate of drug-likeness (QED) is 0.636. The second kappa shape index (κ2) is 3.90. The van der Waals surface area contributed by atoms with Crippen molar-refractivity contribution in [1.29, 1.82) is 0 Å². The van der Waals surface area contributed by atoms with Crippen LogP contribution in [0.3, 0.4) is 0 Å². The molecule has 0 unspecified atom stereocenters. The van der Waals surface area contributed by atoms with Crippen molar-refractivity contribution in [2.24, 2.45) is 0 Å². The van der Waals surface area contributed by atoms with E-state index in [0.717, 1.165) is 10.9 Å². The predicted octanol–water partition coefficient (Wildman–Crippen LogP) is 1.47. The molecule has 68 valence electrons. The first-order chi connectivity index (χ1) is 6.22. The van der Waals surface area contributed by atoms with Gasteiger partial charge < -0.3 is 4.42 Å². The van der Waals surface area contributed by atoms with Crippen LogP contribution in [0, 0.1) is 0 Å². The summed E-state index contributed by atoms with van der Waals surface area (Å²) in [5, 5.41) is 0.788. The number of hydrogen-bond donors (Lipinski definition) is 0. The molecule has 0 aliphatic rings. The Kier molecular flexibility index (Phi) is 2.85. The lowest BCUT2D eigenvalue weighted by molar-refractivity contribution is 0.513. The van der Waals surface area contributed by atoms with Crippen molar-refractivity contribution >= 4 is 18.2 Å². The van der Waals surface area contributed by atoms with Gasteiger partial charge in [0, 0.05) is 5.57 Å². The first-order valence-electron chi connectivity index (χ1n) is 4.14. The molecule has 13 heavy (non-hydrogen) atoms. The summed E-state index contributed by atoms with van der Waals surface area (Å²) in [6.45, 7) is 11.2. The van der Waals surface area contributed by atoms with Gasteiger partial charge >= 0.3 is 0 Å². The van der Waals surface area contributed by atoms with Gasteiger partial charge in [-0.05, 0) is 13.8 Å². The van der Waals surface area contributed by atoms with Gasteiger partial charge in [-0.25, -0.2) is 4.98 Å². The summed E-state index contributed by atoms with van der Waals surface area (Å²) < 4.78 is 5.36. The molecule has 0 spiro atoms. The number of oxazole rings is 1.